The maximum atomic E-state index is 12.9. The predicted octanol–water partition coefficient (Wildman–Crippen LogP) is 6.51. The van der Waals surface area contributed by atoms with Crippen LogP contribution in [0.4, 0.5) is 5.69 Å². The summed E-state index contributed by atoms with van der Waals surface area (Å²) in [4.78, 5) is 31.6. The second-order valence-electron chi connectivity index (χ2n) is 11.2. The quantitative estimate of drug-likeness (QED) is 0.0602. The van der Waals surface area contributed by atoms with Crippen LogP contribution in [0.25, 0.3) is 10.8 Å². The number of amides is 2. The van der Waals surface area contributed by atoms with E-state index >= 15 is 0 Å². The van der Waals surface area contributed by atoms with E-state index in [1.807, 2.05) is 36.4 Å². The zero-order valence-corrected chi connectivity index (χ0v) is 26.3. The number of carbonyl (C=O) groups is 2. The number of aliphatic imine (C=N–C) groups is 2. The lowest BCUT2D eigenvalue weighted by atomic mass is 9.94. The normalized spacial score (nSPS) is 11.5. The van der Waals surface area contributed by atoms with Crippen LogP contribution < -0.4 is 25.4 Å². The number of anilines is 1. The highest BCUT2D eigenvalue weighted by Gasteiger charge is 2.21. The fourth-order valence-corrected chi connectivity index (χ4v) is 4.57. The minimum absolute atomic E-state index is 0.169. The van der Waals surface area contributed by atoms with Gasteiger partial charge in [0.1, 0.15) is 11.5 Å². The minimum atomic E-state index is -0.281. The molecular formula is C35H38ClN5O4. The van der Waals surface area contributed by atoms with Crippen molar-refractivity contribution in [2.45, 2.75) is 26.8 Å². The van der Waals surface area contributed by atoms with E-state index in [4.69, 9.17) is 21.1 Å². The molecule has 3 N–H and O–H groups in total. The third-order valence-corrected chi connectivity index (χ3v) is 7.14. The van der Waals surface area contributed by atoms with Gasteiger partial charge >= 0.3 is 0 Å². The molecule has 234 valence electrons. The first kappa shape index (κ1) is 33.0. The highest BCUT2D eigenvalue weighted by molar-refractivity contribution is 6.32. The van der Waals surface area contributed by atoms with Crippen molar-refractivity contribution in [2.75, 3.05) is 31.6 Å². The van der Waals surface area contributed by atoms with E-state index in [0.29, 0.717) is 73.7 Å². The van der Waals surface area contributed by atoms with E-state index < -0.39 is 0 Å². The summed E-state index contributed by atoms with van der Waals surface area (Å²) < 4.78 is 11.7. The fraction of sp³-hybridized carbons (Fsp3) is 0.257. The van der Waals surface area contributed by atoms with Crippen LogP contribution in [0, 0.1) is 5.41 Å². The van der Waals surface area contributed by atoms with Gasteiger partial charge in [-0.2, -0.15) is 0 Å². The van der Waals surface area contributed by atoms with Crippen molar-refractivity contribution >= 4 is 53.1 Å². The molecule has 45 heavy (non-hydrogen) atoms. The molecule has 0 aromatic heterocycles. The van der Waals surface area contributed by atoms with Crippen LogP contribution >= 0.6 is 11.6 Å². The standard InChI is InChI=1S/C35H38ClN5O4/c1-35(2,23-45-30-15-12-26-7-4-5-8-28(26)20-30)22-40-33(43)27-10-13-29(14-11-27)41-34(37-3)39-21-25-9-16-32(31(36)19-25)44-18-6-17-38-24-42/h4-5,7-16,19-20,24H,3,6,17-18,21-23H2,1-2H3,(H,38,42)(H,39,41)(H,40,43). The zero-order chi connectivity index (χ0) is 32.1. The second-order valence-corrected chi connectivity index (χ2v) is 11.6. The number of ether oxygens (including phenoxy) is 2. The summed E-state index contributed by atoms with van der Waals surface area (Å²) in [7, 11) is 0. The van der Waals surface area contributed by atoms with Crippen LogP contribution in [0.2, 0.25) is 5.02 Å². The van der Waals surface area contributed by atoms with Crippen LogP contribution in [-0.2, 0) is 11.3 Å². The minimum Gasteiger partial charge on any atom is -0.493 e. The summed E-state index contributed by atoms with van der Waals surface area (Å²) in [5.41, 5.74) is 1.84. The smallest absolute Gasteiger partial charge is 0.251 e. The van der Waals surface area contributed by atoms with Crippen molar-refractivity contribution in [3.05, 3.63) is 101 Å². The van der Waals surface area contributed by atoms with Gasteiger partial charge in [-0.25, -0.2) is 9.98 Å². The molecule has 4 aromatic rings. The van der Waals surface area contributed by atoms with Gasteiger partial charge in [-0.05, 0) is 78.0 Å². The molecular weight excluding hydrogens is 590 g/mol. The van der Waals surface area contributed by atoms with Crippen LogP contribution in [0.15, 0.2) is 94.9 Å². The lowest BCUT2D eigenvalue weighted by Gasteiger charge is -2.25. The largest absolute Gasteiger partial charge is 0.493 e. The molecule has 0 bridgehead atoms. The van der Waals surface area contributed by atoms with Crippen molar-refractivity contribution in [3.63, 3.8) is 0 Å². The summed E-state index contributed by atoms with van der Waals surface area (Å²) in [5, 5.41) is 11.5. The van der Waals surface area contributed by atoms with E-state index in [0.717, 1.165) is 16.7 Å². The molecule has 0 unspecified atom stereocenters. The number of nitrogens with one attached hydrogen (secondary N) is 3. The third kappa shape index (κ3) is 10.4. The van der Waals surface area contributed by atoms with Gasteiger partial charge in [-0.3, -0.25) is 9.59 Å². The molecule has 0 saturated carbocycles. The summed E-state index contributed by atoms with van der Waals surface area (Å²) in [6.45, 7) is 9.92. The van der Waals surface area contributed by atoms with Crippen molar-refractivity contribution in [3.8, 4) is 11.5 Å². The van der Waals surface area contributed by atoms with Crippen molar-refractivity contribution < 1.29 is 19.1 Å². The van der Waals surface area contributed by atoms with Gasteiger partial charge in [0.05, 0.1) is 24.8 Å². The molecule has 9 nitrogen and oxygen atoms in total. The number of benzene rings is 4. The SMILES string of the molecule is C=N/C(=N\Cc1ccc(OCCCNC=O)c(Cl)c1)Nc1ccc(C(=O)NCC(C)(C)COc2ccc3ccccc3c2)cc1. The summed E-state index contributed by atoms with van der Waals surface area (Å²) in [6, 6.07) is 26.7. The summed E-state index contributed by atoms with van der Waals surface area (Å²) in [6.07, 6.45) is 1.33. The Morgan fingerprint density at radius 1 is 0.978 bits per heavy atom. The number of hydrogen-bond donors (Lipinski definition) is 3. The molecule has 10 heteroatoms. The Balaban J connectivity index is 1.24. The number of fused-ring (bicyclic) bond motifs is 1. The Bertz CT molecular complexity index is 1640. The molecule has 4 aromatic carbocycles. The van der Waals surface area contributed by atoms with Crippen molar-refractivity contribution in [1.82, 2.24) is 10.6 Å². The average Bonchev–Trinajstić information content (AvgIpc) is 3.05. The van der Waals surface area contributed by atoms with E-state index in [-0.39, 0.29) is 11.3 Å². The Morgan fingerprint density at radius 3 is 2.49 bits per heavy atom. The molecule has 0 radical (unpaired) electrons. The summed E-state index contributed by atoms with van der Waals surface area (Å²) in [5.74, 6) is 1.53. The first-order chi connectivity index (χ1) is 21.8. The second kappa shape index (κ2) is 16.3. The molecule has 0 aliphatic heterocycles. The van der Waals surface area contributed by atoms with E-state index in [1.54, 1.807) is 36.4 Å². The van der Waals surface area contributed by atoms with Crippen molar-refractivity contribution in [1.29, 1.82) is 0 Å². The molecule has 0 spiro atoms. The fourth-order valence-electron chi connectivity index (χ4n) is 4.31. The monoisotopic (exact) mass is 627 g/mol. The maximum absolute atomic E-state index is 12.9. The molecule has 0 fully saturated rings. The molecule has 2 amide bonds. The number of hydrogen-bond acceptors (Lipinski definition) is 5. The Hall–Kier alpha value is -4.89. The van der Waals surface area contributed by atoms with Gasteiger partial charge in [0.2, 0.25) is 12.4 Å². The number of nitrogens with zero attached hydrogens (tertiary/aromatic N) is 2. The van der Waals surface area contributed by atoms with Gasteiger partial charge in [0.15, 0.2) is 0 Å². The Kier molecular flexibility index (Phi) is 11.9. The first-order valence-electron chi connectivity index (χ1n) is 14.6. The van der Waals surface area contributed by atoms with Gasteiger partial charge in [0, 0.05) is 29.8 Å². The highest BCUT2D eigenvalue weighted by Crippen LogP contribution is 2.26. The van der Waals surface area contributed by atoms with E-state index in [1.165, 1.54) is 5.39 Å². The van der Waals surface area contributed by atoms with Crippen LogP contribution in [0.3, 0.4) is 0 Å². The van der Waals surface area contributed by atoms with Gasteiger partial charge < -0.3 is 25.4 Å². The average molecular weight is 628 g/mol. The van der Waals surface area contributed by atoms with Gasteiger partial charge in [-0.1, -0.05) is 61.8 Å². The highest BCUT2D eigenvalue weighted by atomic mass is 35.5. The Morgan fingerprint density at radius 2 is 1.76 bits per heavy atom. The van der Waals surface area contributed by atoms with Gasteiger partial charge in [-0.15, -0.1) is 0 Å². The first-order valence-corrected chi connectivity index (χ1v) is 15.0. The molecule has 0 aliphatic rings. The van der Waals surface area contributed by atoms with Crippen LogP contribution in [0.5, 0.6) is 11.5 Å². The molecule has 0 aliphatic carbocycles. The van der Waals surface area contributed by atoms with Crippen LogP contribution in [-0.4, -0.2) is 51.3 Å². The number of rotatable bonds is 15. The number of halogens is 1. The molecule has 0 heterocycles. The summed E-state index contributed by atoms with van der Waals surface area (Å²) >= 11 is 6.36. The van der Waals surface area contributed by atoms with Crippen molar-refractivity contribution in [2.24, 2.45) is 15.4 Å². The molecule has 0 saturated heterocycles. The lowest BCUT2D eigenvalue weighted by molar-refractivity contribution is -0.109. The van der Waals surface area contributed by atoms with E-state index in [2.05, 4.69) is 58.6 Å². The maximum Gasteiger partial charge on any atom is 0.251 e. The van der Waals surface area contributed by atoms with Crippen LogP contribution in [0.1, 0.15) is 36.2 Å². The predicted molar refractivity (Wildman–Crippen MR) is 182 cm³/mol. The number of guanidine groups is 1. The zero-order valence-electron chi connectivity index (χ0n) is 25.5. The number of carbonyl (C=O) groups excluding carboxylic acids is 2. The third-order valence-electron chi connectivity index (χ3n) is 6.85. The lowest BCUT2D eigenvalue weighted by Crippen LogP contribution is -2.37. The topological polar surface area (TPSA) is 113 Å². The van der Waals surface area contributed by atoms with Gasteiger partial charge in [0.25, 0.3) is 5.91 Å². The molecule has 4 rings (SSSR count). The Labute approximate surface area is 268 Å². The van der Waals surface area contributed by atoms with E-state index in [9.17, 15) is 9.59 Å². The molecule has 0 atom stereocenters.